The van der Waals surface area contributed by atoms with Crippen molar-refractivity contribution in [2.24, 2.45) is 0 Å². The number of hydrogen-bond donors (Lipinski definition) is 1. The van der Waals surface area contributed by atoms with Crippen LogP contribution in [0.3, 0.4) is 0 Å². The van der Waals surface area contributed by atoms with E-state index in [0.29, 0.717) is 11.4 Å². The summed E-state index contributed by atoms with van der Waals surface area (Å²) in [7, 11) is 0. The molecule has 1 fully saturated rings. The van der Waals surface area contributed by atoms with Gasteiger partial charge in [-0.15, -0.1) is 0 Å². The summed E-state index contributed by atoms with van der Waals surface area (Å²) in [6, 6.07) is 32.5. The average Bonchev–Trinajstić information content (AvgIpc) is 3.18. The van der Waals surface area contributed by atoms with Gasteiger partial charge in [0.2, 0.25) is 5.91 Å². The number of benzene rings is 4. The maximum Gasteiger partial charge on any atom is 0.330 e. The van der Waals surface area contributed by atoms with Gasteiger partial charge in [-0.05, 0) is 34.4 Å². The summed E-state index contributed by atoms with van der Waals surface area (Å²) >= 11 is 0. The number of carboxylic acids is 1. The van der Waals surface area contributed by atoms with Gasteiger partial charge >= 0.3 is 12.0 Å². The molecule has 6 rings (SSSR count). The molecule has 204 valence electrons. The van der Waals surface area contributed by atoms with E-state index in [0.717, 1.165) is 22.3 Å². The molecule has 0 saturated carbocycles. The summed E-state index contributed by atoms with van der Waals surface area (Å²) in [5.74, 6) is -1.92. The second kappa shape index (κ2) is 11.1. The summed E-state index contributed by atoms with van der Waals surface area (Å²) in [6.07, 6.45) is 3.92. The Morgan fingerprint density at radius 3 is 1.66 bits per heavy atom. The maximum absolute atomic E-state index is 14.3. The molecule has 1 atom stereocenters. The molecule has 0 radical (unpaired) electrons. The zero-order valence-corrected chi connectivity index (χ0v) is 22.3. The average molecular weight is 544 g/mol. The van der Waals surface area contributed by atoms with E-state index in [1.807, 2.05) is 121 Å². The number of aliphatic carboxylic acids is 1. The van der Waals surface area contributed by atoms with Gasteiger partial charge in [0, 0.05) is 13.1 Å². The monoisotopic (exact) mass is 543 g/mol. The van der Waals surface area contributed by atoms with Crippen molar-refractivity contribution in [2.45, 2.75) is 12.0 Å². The fraction of sp³-hybridized carbons (Fsp3) is 0.147. The minimum atomic E-state index is -1.21. The number of anilines is 2. The van der Waals surface area contributed by atoms with E-state index in [9.17, 15) is 19.5 Å². The van der Waals surface area contributed by atoms with Gasteiger partial charge in [0.05, 0.1) is 23.8 Å². The van der Waals surface area contributed by atoms with Crippen molar-refractivity contribution in [2.75, 3.05) is 24.5 Å². The van der Waals surface area contributed by atoms with Crippen LogP contribution in [0.4, 0.5) is 16.2 Å². The Morgan fingerprint density at radius 1 is 0.659 bits per heavy atom. The maximum atomic E-state index is 14.3. The SMILES string of the molecule is O=C(O)[C@@H]1CN(C(=O)C(c2ccccc2)c2ccccc2)CCN1C(=O)N1c2ccccc2C=Cc2ccccc21. The van der Waals surface area contributed by atoms with Crippen LogP contribution < -0.4 is 4.90 Å². The second-order valence-corrected chi connectivity index (χ2v) is 10.2. The van der Waals surface area contributed by atoms with Gasteiger partial charge in [0.1, 0.15) is 6.04 Å². The van der Waals surface area contributed by atoms with Crippen molar-refractivity contribution >= 4 is 41.4 Å². The van der Waals surface area contributed by atoms with E-state index in [2.05, 4.69) is 0 Å². The first-order valence-electron chi connectivity index (χ1n) is 13.6. The Morgan fingerprint density at radius 2 is 1.15 bits per heavy atom. The lowest BCUT2D eigenvalue weighted by atomic mass is 9.89. The van der Waals surface area contributed by atoms with E-state index < -0.39 is 24.0 Å². The predicted molar refractivity (Wildman–Crippen MR) is 159 cm³/mol. The summed E-state index contributed by atoms with van der Waals surface area (Å²) in [4.78, 5) is 45.5. The molecule has 4 aromatic carbocycles. The lowest BCUT2D eigenvalue weighted by Gasteiger charge is -2.42. The molecule has 1 N–H and O–H groups in total. The zero-order valence-electron chi connectivity index (χ0n) is 22.3. The Hall–Kier alpha value is -5.17. The fourth-order valence-electron chi connectivity index (χ4n) is 5.68. The number of piperazine rings is 1. The van der Waals surface area contributed by atoms with Crippen LogP contribution in [-0.2, 0) is 9.59 Å². The number of hydrogen-bond acceptors (Lipinski definition) is 3. The molecule has 0 unspecified atom stereocenters. The molecule has 2 aliphatic heterocycles. The summed E-state index contributed by atoms with van der Waals surface area (Å²) in [6.45, 7) is 0.206. The quantitative estimate of drug-likeness (QED) is 0.350. The van der Waals surface area contributed by atoms with Crippen molar-refractivity contribution in [1.82, 2.24) is 9.80 Å². The third-order valence-electron chi connectivity index (χ3n) is 7.72. The highest BCUT2D eigenvalue weighted by atomic mass is 16.4. The number of amides is 3. The van der Waals surface area contributed by atoms with Crippen molar-refractivity contribution in [3.8, 4) is 0 Å². The highest BCUT2D eigenvalue weighted by molar-refractivity contribution is 6.06. The molecule has 0 aromatic heterocycles. The van der Waals surface area contributed by atoms with E-state index in [1.54, 1.807) is 9.80 Å². The number of urea groups is 1. The minimum Gasteiger partial charge on any atom is -0.480 e. The molecule has 2 aliphatic rings. The first-order valence-corrected chi connectivity index (χ1v) is 13.6. The Bertz CT molecular complexity index is 1530. The van der Waals surface area contributed by atoms with Crippen molar-refractivity contribution < 1.29 is 19.5 Å². The molecule has 0 bridgehead atoms. The highest BCUT2D eigenvalue weighted by Gasteiger charge is 2.41. The standard InChI is InChI=1S/C34H29N3O4/c38-32(31(26-13-3-1-4-14-26)27-15-5-2-6-16-27)35-21-22-36(30(23-35)33(39)40)34(41)37-28-17-9-7-11-24(28)19-20-25-12-8-10-18-29(25)37/h1-20,30-31H,21-23H2,(H,39,40)/t30-/m0/s1. The lowest BCUT2D eigenvalue weighted by Crippen LogP contribution is -2.61. The Balaban J connectivity index is 1.32. The zero-order chi connectivity index (χ0) is 28.3. The van der Waals surface area contributed by atoms with Crippen LogP contribution in [0, 0.1) is 0 Å². The van der Waals surface area contributed by atoms with Crippen LogP contribution in [0.1, 0.15) is 28.2 Å². The number of carbonyl (C=O) groups is 3. The van der Waals surface area contributed by atoms with Crippen molar-refractivity contribution in [1.29, 1.82) is 0 Å². The first kappa shape index (κ1) is 26.1. The number of carbonyl (C=O) groups excluding carboxylic acids is 2. The minimum absolute atomic E-state index is 0.0894. The van der Waals surface area contributed by atoms with Gasteiger partial charge in [-0.25, -0.2) is 9.59 Å². The molecule has 3 amide bonds. The Labute approximate surface area is 238 Å². The topological polar surface area (TPSA) is 81.2 Å². The van der Waals surface area contributed by atoms with Gasteiger partial charge in [-0.1, -0.05) is 109 Å². The van der Waals surface area contributed by atoms with E-state index in [4.69, 9.17) is 0 Å². The first-order chi connectivity index (χ1) is 20.0. The third kappa shape index (κ3) is 4.98. The molecule has 0 spiro atoms. The fourth-order valence-corrected chi connectivity index (χ4v) is 5.68. The molecule has 0 aliphatic carbocycles. The van der Waals surface area contributed by atoms with Crippen LogP contribution in [0.2, 0.25) is 0 Å². The summed E-state index contributed by atoms with van der Waals surface area (Å²) in [5.41, 5.74) is 4.72. The second-order valence-electron chi connectivity index (χ2n) is 10.2. The van der Waals surface area contributed by atoms with Crippen molar-refractivity contribution in [3.05, 3.63) is 131 Å². The van der Waals surface area contributed by atoms with Gasteiger partial charge in [0.15, 0.2) is 0 Å². The molecule has 7 nitrogen and oxygen atoms in total. The van der Waals surface area contributed by atoms with Crippen LogP contribution >= 0.6 is 0 Å². The van der Waals surface area contributed by atoms with Crippen molar-refractivity contribution in [3.63, 3.8) is 0 Å². The normalized spacial score (nSPS) is 16.1. The number of para-hydroxylation sites is 2. The van der Waals surface area contributed by atoms with Crippen LogP contribution in [-0.4, -0.2) is 58.5 Å². The van der Waals surface area contributed by atoms with E-state index >= 15 is 0 Å². The summed E-state index contributed by atoms with van der Waals surface area (Å²) < 4.78 is 0. The lowest BCUT2D eigenvalue weighted by molar-refractivity contribution is -0.146. The summed E-state index contributed by atoms with van der Waals surface area (Å²) in [5, 5.41) is 10.3. The largest absolute Gasteiger partial charge is 0.480 e. The molecular formula is C34H29N3O4. The van der Waals surface area contributed by atoms with Crippen LogP contribution in [0.5, 0.6) is 0 Å². The van der Waals surface area contributed by atoms with E-state index in [-0.39, 0.29) is 25.5 Å². The highest BCUT2D eigenvalue weighted by Crippen LogP contribution is 2.38. The van der Waals surface area contributed by atoms with Gasteiger partial charge in [0.25, 0.3) is 0 Å². The number of rotatable bonds is 4. The number of carboxylic acid groups (broad SMARTS) is 1. The molecule has 7 heteroatoms. The smallest absolute Gasteiger partial charge is 0.330 e. The number of nitrogens with zero attached hydrogens (tertiary/aromatic N) is 3. The van der Waals surface area contributed by atoms with Gasteiger partial charge in [-0.2, -0.15) is 0 Å². The molecule has 1 saturated heterocycles. The van der Waals surface area contributed by atoms with Gasteiger partial charge < -0.3 is 14.9 Å². The van der Waals surface area contributed by atoms with Crippen LogP contribution in [0.25, 0.3) is 12.2 Å². The van der Waals surface area contributed by atoms with E-state index in [1.165, 1.54) is 4.90 Å². The van der Waals surface area contributed by atoms with Crippen LogP contribution in [0.15, 0.2) is 109 Å². The third-order valence-corrected chi connectivity index (χ3v) is 7.72. The Kier molecular flexibility index (Phi) is 7.08. The molecule has 4 aromatic rings. The predicted octanol–water partition coefficient (Wildman–Crippen LogP) is 5.86. The number of fused-ring (bicyclic) bond motifs is 2. The molecule has 41 heavy (non-hydrogen) atoms. The van der Waals surface area contributed by atoms with Gasteiger partial charge in [-0.3, -0.25) is 9.69 Å². The molecular weight excluding hydrogens is 514 g/mol. The molecule has 2 heterocycles.